The largest absolute Gasteiger partial charge is 0.500 e. The fraction of sp³-hybridized carbons (Fsp3) is 0.200. The van der Waals surface area contributed by atoms with Crippen LogP contribution < -0.4 is 9.47 Å². The van der Waals surface area contributed by atoms with Crippen LogP contribution in [0.5, 0.6) is 11.5 Å². The fourth-order valence-corrected chi connectivity index (χ4v) is 2.26. The number of esters is 1. The van der Waals surface area contributed by atoms with Crippen molar-refractivity contribution in [3.63, 3.8) is 0 Å². The third kappa shape index (κ3) is 5.24. The van der Waals surface area contributed by atoms with Crippen LogP contribution in [0.2, 0.25) is 0 Å². The second-order valence-electron chi connectivity index (χ2n) is 5.51. The Kier molecular flexibility index (Phi) is 6.82. The second kappa shape index (κ2) is 9.28. The van der Waals surface area contributed by atoms with Gasteiger partial charge in [-0.05, 0) is 25.1 Å². The minimum atomic E-state index is -1.21. The van der Waals surface area contributed by atoms with Crippen molar-refractivity contribution in [2.75, 3.05) is 14.2 Å². The Hall–Kier alpha value is -3.48. The molecular formula is C20H20O7. The minimum Gasteiger partial charge on any atom is -0.500 e. The maximum absolute atomic E-state index is 11.8. The molecule has 0 heterocycles. The predicted octanol–water partition coefficient (Wildman–Crippen LogP) is 3.31. The zero-order valence-electron chi connectivity index (χ0n) is 15.2. The van der Waals surface area contributed by atoms with E-state index in [1.54, 1.807) is 24.3 Å². The number of benzene rings is 2. The monoisotopic (exact) mass is 372 g/mol. The first-order valence-electron chi connectivity index (χ1n) is 8.00. The van der Waals surface area contributed by atoms with Crippen LogP contribution in [0.25, 0.3) is 0 Å². The van der Waals surface area contributed by atoms with Crippen LogP contribution in [0.1, 0.15) is 21.5 Å². The molecule has 0 amide bonds. The number of carboxylic acids is 1. The van der Waals surface area contributed by atoms with Crippen molar-refractivity contribution in [2.24, 2.45) is 0 Å². The van der Waals surface area contributed by atoms with E-state index in [9.17, 15) is 14.7 Å². The molecule has 7 nitrogen and oxygen atoms in total. The van der Waals surface area contributed by atoms with E-state index < -0.39 is 11.9 Å². The number of hydrogen-bond acceptors (Lipinski definition) is 6. The molecule has 0 saturated carbocycles. The predicted molar refractivity (Wildman–Crippen MR) is 96.6 cm³/mol. The van der Waals surface area contributed by atoms with Crippen LogP contribution in [-0.2, 0) is 20.9 Å². The quantitative estimate of drug-likeness (QED) is 0.432. The Morgan fingerprint density at radius 2 is 1.78 bits per heavy atom. The molecular weight excluding hydrogens is 352 g/mol. The Balaban J connectivity index is 2.30. The van der Waals surface area contributed by atoms with Gasteiger partial charge in [0.15, 0.2) is 0 Å². The lowest BCUT2D eigenvalue weighted by Gasteiger charge is -2.14. The maximum atomic E-state index is 11.8. The van der Waals surface area contributed by atoms with Crippen LogP contribution in [0, 0.1) is 6.92 Å². The molecule has 2 aromatic carbocycles. The van der Waals surface area contributed by atoms with E-state index in [4.69, 9.17) is 14.2 Å². The van der Waals surface area contributed by atoms with Crippen molar-refractivity contribution < 1.29 is 33.6 Å². The van der Waals surface area contributed by atoms with Crippen molar-refractivity contribution in [3.05, 3.63) is 71.2 Å². The third-order valence-electron chi connectivity index (χ3n) is 3.57. The van der Waals surface area contributed by atoms with Gasteiger partial charge in [-0.25, -0.2) is 9.59 Å². The lowest BCUT2D eigenvalue weighted by atomic mass is 10.1. The van der Waals surface area contributed by atoms with E-state index in [-0.39, 0.29) is 23.7 Å². The zero-order chi connectivity index (χ0) is 19.8. The highest BCUT2D eigenvalue weighted by atomic mass is 16.6. The minimum absolute atomic E-state index is 0.0173. The molecule has 0 aliphatic rings. The summed E-state index contributed by atoms with van der Waals surface area (Å²) in [6.07, 6.45) is 1.03. The van der Waals surface area contributed by atoms with Crippen molar-refractivity contribution in [1.82, 2.24) is 0 Å². The van der Waals surface area contributed by atoms with Gasteiger partial charge in [0.2, 0.25) is 5.76 Å². The average Bonchev–Trinajstić information content (AvgIpc) is 2.66. The molecule has 0 spiro atoms. The summed E-state index contributed by atoms with van der Waals surface area (Å²) in [4.78, 5) is 23.5. The molecule has 0 unspecified atom stereocenters. The van der Waals surface area contributed by atoms with Gasteiger partial charge in [-0.2, -0.15) is 0 Å². The topological polar surface area (TPSA) is 91.3 Å². The van der Waals surface area contributed by atoms with Crippen molar-refractivity contribution in [3.8, 4) is 11.5 Å². The van der Waals surface area contributed by atoms with Gasteiger partial charge in [0, 0.05) is 5.56 Å². The van der Waals surface area contributed by atoms with Crippen molar-refractivity contribution in [2.45, 2.75) is 13.5 Å². The number of aromatic carboxylic acids is 1. The van der Waals surface area contributed by atoms with Crippen LogP contribution >= 0.6 is 0 Å². The molecule has 0 aliphatic carbocycles. The van der Waals surface area contributed by atoms with Crippen molar-refractivity contribution >= 4 is 11.9 Å². The van der Waals surface area contributed by atoms with E-state index >= 15 is 0 Å². The molecule has 0 fully saturated rings. The zero-order valence-corrected chi connectivity index (χ0v) is 15.2. The van der Waals surface area contributed by atoms with E-state index in [1.165, 1.54) is 20.3 Å². The first-order valence-corrected chi connectivity index (χ1v) is 8.00. The van der Waals surface area contributed by atoms with Gasteiger partial charge in [-0.3, -0.25) is 0 Å². The number of hydrogen-bond donors (Lipinski definition) is 1. The summed E-state index contributed by atoms with van der Waals surface area (Å²) in [5.41, 5.74) is 1.36. The summed E-state index contributed by atoms with van der Waals surface area (Å²) < 4.78 is 20.5. The van der Waals surface area contributed by atoms with Gasteiger partial charge < -0.3 is 24.1 Å². The molecule has 0 saturated heterocycles. The average molecular weight is 372 g/mol. The summed E-state index contributed by atoms with van der Waals surface area (Å²) >= 11 is 0. The molecule has 2 aromatic rings. The number of ether oxygens (including phenoxy) is 4. The van der Waals surface area contributed by atoms with Crippen LogP contribution in [0.4, 0.5) is 0 Å². The Morgan fingerprint density at radius 1 is 1.07 bits per heavy atom. The maximum Gasteiger partial charge on any atom is 0.377 e. The molecule has 2 rings (SSSR count). The lowest BCUT2D eigenvalue weighted by molar-refractivity contribution is -0.138. The summed E-state index contributed by atoms with van der Waals surface area (Å²) in [7, 11) is 2.51. The normalized spacial score (nSPS) is 10.9. The van der Waals surface area contributed by atoms with Gasteiger partial charge >= 0.3 is 11.9 Å². The highest BCUT2D eigenvalue weighted by molar-refractivity contribution is 5.93. The van der Waals surface area contributed by atoms with Gasteiger partial charge in [0.05, 0.1) is 14.2 Å². The summed E-state index contributed by atoms with van der Waals surface area (Å²) in [5.74, 6) is -1.71. The van der Waals surface area contributed by atoms with Crippen LogP contribution in [0.15, 0.2) is 54.5 Å². The first-order chi connectivity index (χ1) is 13.0. The summed E-state index contributed by atoms with van der Waals surface area (Å²) in [6.45, 7) is 1.98. The Bertz CT molecular complexity index is 838. The molecule has 0 aromatic heterocycles. The Morgan fingerprint density at radius 3 is 2.37 bits per heavy atom. The first kappa shape index (κ1) is 19.8. The highest BCUT2D eigenvalue weighted by Gasteiger charge is 2.21. The third-order valence-corrected chi connectivity index (χ3v) is 3.57. The van der Waals surface area contributed by atoms with Crippen molar-refractivity contribution in [1.29, 1.82) is 0 Å². The lowest BCUT2D eigenvalue weighted by Crippen LogP contribution is -2.14. The molecule has 0 aliphatic heterocycles. The van der Waals surface area contributed by atoms with Gasteiger partial charge in [0.25, 0.3) is 0 Å². The van der Waals surface area contributed by atoms with Gasteiger partial charge in [-0.15, -0.1) is 0 Å². The second-order valence-corrected chi connectivity index (χ2v) is 5.51. The molecule has 7 heteroatoms. The number of rotatable bonds is 8. The number of methoxy groups -OCH3 is 2. The SMILES string of the molecule is CO/C=C(/Oc1cccc(COc2ccc(C)cc2)c1C(=O)O)C(=O)OC. The highest BCUT2D eigenvalue weighted by Crippen LogP contribution is 2.26. The number of aryl methyl sites for hydroxylation is 1. The van der Waals surface area contributed by atoms with Gasteiger partial charge in [0.1, 0.15) is 29.9 Å². The summed E-state index contributed by atoms with van der Waals surface area (Å²) in [6, 6.07) is 12.0. The van der Waals surface area contributed by atoms with E-state index in [0.29, 0.717) is 11.3 Å². The number of carbonyl (C=O) groups excluding carboxylic acids is 1. The summed E-state index contributed by atoms with van der Waals surface area (Å²) in [5, 5.41) is 9.62. The molecule has 27 heavy (non-hydrogen) atoms. The van der Waals surface area contributed by atoms with E-state index in [2.05, 4.69) is 4.74 Å². The van der Waals surface area contributed by atoms with Crippen LogP contribution in [0.3, 0.4) is 0 Å². The number of carbonyl (C=O) groups is 2. The van der Waals surface area contributed by atoms with E-state index in [0.717, 1.165) is 11.8 Å². The standard InChI is InChI=1S/C20H20O7/c1-13-7-9-15(10-8-13)26-11-14-5-4-6-16(18(14)19(21)22)27-17(12-24-2)20(23)25-3/h4-10,12H,11H2,1-3H3,(H,21,22)/b17-12+. The molecule has 0 radical (unpaired) electrons. The molecule has 142 valence electrons. The number of carboxylic acid groups (broad SMARTS) is 1. The molecule has 0 bridgehead atoms. The smallest absolute Gasteiger partial charge is 0.377 e. The van der Waals surface area contributed by atoms with Crippen LogP contribution in [-0.4, -0.2) is 31.3 Å². The van der Waals surface area contributed by atoms with Gasteiger partial charge in [-0.1, -0.05) is 29.8 Å². The molecule has 1 N–H and O–H groups in total. The fourth-order valence-electron chi connectivity index (χ4n) is 2.26. The Labute approximate surface area is 156 Å². The molecule has 0 atom stereocenters. The van der Waals surface area contributed by atoms with E-state index in [1.807, 2.05) is 19.1 Å².